The van der Waals surface area contributed by atoms with Crippen LogP contribution in [0.4, 0.5) is 5.69 Å². The van der Waals surface area contributed by atoms with Gasteiger partial charge in [0, 0.05) is 12.8 Å². The van der Waals surface area contributed by atoms with Crippen LogP contribution in [0, 0.1) is 6.92 Å². The van der Waals surface area contributed by atoms with Gasteiger partial charge in [0.2, 0.25) is 0 Å². The number of hydrogen-bond acceptors (Lipinski definition) is 4. The van der Waals surface area contributed by atoms with Crippen molar-refractivity contribution in [2.24, 2.45) is 0 Å². The Bertz CT molecular complexity index is 377. The maximum absolute atomic E-state index is 11.7. The average Bonchev–Trinajstić information content (AvgIpc) is 2.17. The molecule has 1 unspecified atom stereocenters. The lowest BCUT2D eigenvalue weighted by atomic mass is 10.1. The van der Waals surface area contributed by atoms with E-state index in [2.05, 4.69) is 0 Å². The summed E-state index contributed by atoms with van der Waals surface area (Å²) in [5.41, 5.74) is 7.60. The van der Waals surface area contributed by atoms with Gasteiger partial charge < -0.3 is 15.2 Å². The fraction of sp³-hybridized carbons (Fsp3) is 0.417. The summed E-state index contributed by atoms with van der Waals surface area (Å²) in [7, 11) is 1.57. The molecule has 0 aliphatic rings. The molecule has 0 aliphatic heterocycles. The van der Waals surface area contributed by atoms with Gasteiger partial charge in [0.15, 0.2) is 0 Å². The summed E-state index contributed by atoms with van der Waals surface area (Å²) in [5.74, 6) is -0.345. The number of carbonyl (C=O) groups excluding carboxylic acids is 1. The fourth-order valence-electron chi connectivity index (χ4n) is 1.43. The van der Waals surface area contributed by atoms with E-state index in [4.69, 9.17) is 15.2 Å². The van der Waals surface area contributed by atoms with Gasteiger partial charge in [-0.25, -0.2) is 4.79 Å². The van der Waals surface area contributed by atoms with E-state index in [1.165, 1.54) is 0 Å². The lowest BCUT2D eigenvalue weighted by molar-refractivity contribution is 0.0119. The molecule has 4 nitrogen and oxygen atoms in total. The molecule has 1 aromatic carbocycles. The van der Waals surface area contributed by atoms with Gasteiger partial charge in [0.25, 0.3) is 0 Å². The molecule has 0 saturated carbocycles. The summed E-state index contributed by atoms with van der Waals surface area (Å²) in [6.07, 6.45) is -0.255. The van der Waals surface area contributed by atoms with E-state index >= 15 is 0 Å². The molecule has 0 aromatic heterocycles. The number of nitrogens with two attached hydrogens (primary N) is 1. The number of hydrogen-bond donors (Lipinski definition) is 1. The maximum Gasteiger partial charge on any atom is 0.338 e. The van der Waals surface area contributed by atoms with Crippen LogP contribution >= 0.6 is 0 Å². The van der Waals surface area contributed by atoms with Crippen LogP contribution in [0.5, 0.6) is 0 Å². The topological polar surface area (TPSA) is 61.5 Å². The molecule has 1 atom stereocenters. The van der Waals surface area contributed by atoms with Crippen molar-refractivity contribution in [3.8, 4) is 0 Å². The molecular formula is C12H17NO3. The number of ether oxygens (including phenoxy) is 2. The first-order valence-electron chi connectivity index (χ1n) is 5.10. The molecule has 0 radical (unpaired) electrons. The highest BCUT2D eigenvalue weighted by Crippen LogP contribution is 2.14. The van der Waals surface area contributed by atoms with E-state index in [1.807, 2.05) is 6.92 Å². The molecule has 88 valence electrons. The van der Waals surface area contributed by atoms with Crippen molar-refractivity contribution in [3.63, 3.8) is 0 Å². The number of carbonyl (C=O) groups is 1. The smallest absolute Gasteiger partial charge is 0.338 e. The van der Waals surface area contributed by atoms with Crippen molar-refractivity contribution >= 4 is 11.7 Å². The predicted octanol–water partition coefficient (Wildman–Crippen LogP) is 1.77. The number of aryl methyl sites for hydroxylation is 1. The third kappa shape index (κ3) is 3.24. The van der Waals surface area contributed by atoms with Gasteiger partial charge >= 0.3 is 5.97 Å². The second-order valence-corrected chi connectivity index (χ2v) is 3.75. The van der Waals surface area contributed by atoms with Gasteiger partial charge in [-0.2, -0.15) is 0 Å². The van der Waals surface area contributed by atoms with Crippen LogP contribution in [0.3, 0.4) is 0 Å². The third-order valence-corrected chi connectivity index (χ3v) is 2.18. The molecule has 0 heterocycles. The molecule has 1 aromatic rings. The van der Waals surface area contributed by atoms with Gasteiger partial charge in [0.1, 0.15) is 6.10 Å². The van der Waals surface area contributed by atoms with Crippen molar-refractivity contribution in [2.45, 2.75) is 20.0 Å². The predicted molar refractivity (Wildman–Crippen MR) is 62.3 cm³/mol. The molecule has 1 rings (SSSR count). The van der Waals surface area contributed by atoms with E-state index < -0.39 is 0 Å². The molecule has 16 heavy (non-hydrogen) atoms. The molecule has 2 N–H and O–H groups in total. The monoisotopic (exact) mass is 223 g/mol. The number of esters is 1. The Morgan fingerprint density at radius 2 is 2.19 bits per heavy atom. The van der Waals surface area contributed by atoms with Gasteiger partial charge in [-0.15, -0.1) is 0 Å². The highest BCUT2D eigenvalue weighted by atomic mass is 16.6. The van der Waals surface area contributed by atoms with Crippen LogP contribution in [0.25, 0.3) is 0 Å². The minimum Gasteiger partial charge on any atom is -0.457 e. The summed E-state index contributed by atoms with van der Waals surface area (Å²) >= 11 is 0. The van der Waals surface area contributed by atoms with E-state index in [0.29, 0.717) is 17.9 Å². The number of nitrogen functional groups attached to an aromatic ring is 1. The molecular weight excluding hydrogens is 206 g/mol. The summed E-state index contributed by atoms with van der Waals surface area (Å²) in [4.78, 5) is 11.7. The second-order valence-electron chi connectivity index (χ2n) is 3.75. The first-order valence-corrected chi connectivity index (χ1v) is 5.10. The molecule has 0 saturated heterocycles. The van der Waals surface area contributed by atoms with Gasteiger partial charge in [-0.1, -0.05) is 0 Å². The first kappa shape index (κ1) is 12.5. The Balaban J connectivity index is 2.73. The van der Waals surface area contributed by atoms with Crippen molar-refractivity contribution in [3.05, 3.63) is 29.3 Å². The second kappa shape index (κ2) is 5.51. The zero-order chi connectivity index (χ0) is 12.1. The SMILES string of the molecule is COCC(C)OC(=O)c1ccc(N)cc1C. The molecule has 4 heteroatoms. The lowest BCUT2D eigenvalue weighted by Gasteiger charge is -2.13. The Morgan fingerprint density at radius 1 is 1.50 bits per heavy atom. The van der Waals surface area contributed by atoms with E-state index in [9.17, 15) is 4.79 Å². The third-order valence-electron chi connectivity index (χ3n) is 2.18. The van der Waals surface area contributed by atoms with Gasteiger partial charge in [-0.05, 0) is 37.6 Å². The lowest BCUT2D eigenvalue weighted by Crippen LogP contribution is -2.20. The number of benzene rings is 1. The van der Waals surface area contributed by atoms with Crippen LogP contribution in [-0.2, 0) is 9.47 Å². The normalized spacial score (nSPS) is 12.2. The highest BCUT2D eigenvalue weighted by Gasteiger charge is 2.13. The van der Waals surface area contributed by atoms with E-state index in [0.717, 1.165) is 5.56 Å². The zero-order valence-corrected chi connectivity index (χ0v) is 9.82. The minimum atomic E-state index is -0.345. The van der Waals surface area contributed by atoms with Crippen LogP contribution in [0.2, 0.25) is 0 Å². The Morgan fingerprint density at radius 3 is 2.75 bits per heavy atom. The quantitative estimate of drug-likeness (QED) is 0.624. The molecule has 0 spiro atoms. The standard InChI is InChI=1S/C12H17NO3/c1-8-6-10(13)4-5-11(8)12(14)16-9(2)7-15-3/h4-6,9H,7,13H2,1-3H3. The Kier molecular flexibility index (Phi) is 4.31. The zero-order valence-electron chi connectivity index (χ0n) is 9.82. The van der Waals surface area contributed by atoms with Crippen molar-refractivity contribution in [2.75, 3.05) is 19.5 Å². The Hall–Kier alpha value is -1.55. The summed E-state index contributed by atoms with van der Waals surface area (Å²) in [6.45, 7) is 4.00. The highest BCUT2D eigenvalue weighted by molar-refractivity contribution is 5.91. The summed E-state index contributed by atoms with van der Waals surface area (Å²) < 4.78 is 10.1. The van der Waals surface area contributed by atoms with Crippen molar-refractivity contribution in [1.82, 2.24) is 0 Å². The number of rotatable bonds is 4. The minimum absolute atomic E-state index is 0.255. The van der Waals surface area contributed by atoms with Gasteiger partial charge in [0.05, 0.1) is 12.2 Å². The first-order chi connectivity index (χ1) is 7.54. The van der Waals surface area contributed by atoms with E-state index in [1.54, 1.807) is 32.2 Å². The fourth-order valence-corrected chi connectivity index (χ4v) is 1.43. The van der Waals surface area contributed by atoms with Crippen molar-refractivity contribution < 1.29 is 14.3 Å². The summed E-state index contributed by atoms with van der Waals surface area (Å²) in [5, 5.41) is 0. The molecule has 0 amide bonds. The van der Waals surface area contributed by atoms with Crippen LogP contribution < -0.4 is 5.73 Å². The van der Waals surface area contributed by atoms with E-state index in [-0.39, 0.29) is 12.1 Å². The summed E-state index contributed by atoms with van der Waals surface area (Å²) in [6, 6.07) is 5.11. The Labute approximate surface area is 95.3 Å². The van der Waals surface area contributed by atoms with Crippen molar-refractivity contribution in [1.29, 1.82) is 0 Å². The van der Waals surface area contributed by atoms with Gasteiger partial charge in [-0.3, -0.25) is 0 Å². The maximum atomic E-state index is 11.7. The van der Waals surface area contributed by atoms with Crippen LogP contribution in [0.1, 0.15) is 22.8 Å². The molecule has 0 fully saturated rings. The number of methoxy groups -OCH3 is 1. The number of anilines is 1. The van der Waals surface area contributed by atoms with Crippen LogP contribution in [-0.4, -0.2) is 25.8 Å². The average molecular weight is 223 g/mol. The van der Waals surface area contributed by atoms with Crippen LogP contribution in [0.15, 0.2) is 18.2 Å². The largest absolute Gasteiger partial charge is 0.457 e. The molecule has 0 aliphatic carbocycles. The molecule has 0 bridgehead atoms.